The van der Waals surface area contributed by atoms with Crippen LogP contribution in [-0.4, -0.2) is 0 Å². The molecule has 0 aliphatic rings. The first kappa shape index (κ1) is 15.8. The van der Waals surface area contributed by atoms with Gasteiger partial charge in [0.25, 0.3) is 0 Å². The molecule has 2 aromatic rings. The molecule has 0 aliphatic heterocycles. The van der Waals surface area contributed by atoms with Crippen molar-refractivity contribution in [2.45, 2.75) is 59.8 Å². The van der Waals surface area contributed by atoms with Gasteiger partial charge >= 0.3 is 0 Å². The highest BCUT2D eigenvalue weighted by molar-refractivity contribution is 5.44. The quantitative estimate of drug-likeness (QED) is 0.668. The highest BCUT2D eigenvalue weighted by atomic mass is 14.3. The number of hydrogen-bond acceptors (Lipinski definition) is 0. The van der Waals surface area contributed by atoms with Crippen molar-refractivity contribution in [3.8, 4) is 0 Å². The number of rotatable bonds is 4. The fourth-order valence-electron chi connectivity index (χ4n) is 3.05. The molecule has 0 heteroatoms. The lowest BCUT2D eigenvalue weighted by Gasteiger charge is -2.28. The molecule has 0 radical (unpaired) electrons. The Morgan fingerprint density at radius 1 is 0.714 bits per heavy atom. The summed E-state index contributed by atoms with van der Waals surface area (Å²) in [6, 6.07) is 13.9. The topological polar surface area (TPSA) is 0 Å². The van der Waals surface area contributed by atoms with Crippen LogP contribution in [0.1, 0.15) is 61.1 Å². The maximum Gasteiger partial charge on any atom is 0.0146 e. The van der Waals surface area contributed by atoms with E-state index in [4.69, 9.17) is 0 Å². The second kappa shape index (κ2) is 6.05. The van der Waals surface area contributed by atoms with Gasteiger partial charge in [0.2, 0.25) is 0 Å². The molecule has 112 valence electrons. The lowest BCUT2D eigenvalue weighted by molar-refractivity contribution is 0.638. The van der Waals surface area contributed by atoms with E-state index in [2.05, 4.69) is 77.9 Å². The summed E-state index contributed by atoms with van der Waals surface area (Å²) >= 11 is 0. The molecular weight excluding hydrogens is 252 g/mol. The molecule has 0 spiro atoms. The SMILES string of the molecule is CCc1cc(C(C)(C)c2ccc(C)c(CC)c2)ccc1C. The molecule has 0 aliphatic carbocycles. The molecule has 0 nitrogen and oxygen atoms in total. The van der Waals surface area contributed by atoms with Crippen molar-refractivity contribution in [3.05, 3.63) is 69.8 Å². The van der Waals surface area contributed by atoms with Crippen LogP contribution in [0, 0.1) is 13.8 Å². The van der Waals surface area contributed by atoms with Crippen LogP contribution in [0.3, 0.4) is 0 Å². The Balaban J connectivity index is 2.50. The highest BCUT2D eigenvalue weighted by Gasteiger charge is 2.24. The molecule has 21 heavy (non-hydrogen) atoms. The lowest BCUT2D eigenvalue weighted by atomic mass is 9.76. The predicted octanol–water partition coefficient (Wildman–Crippen LogP) is 5.75. The molecule has 0 bridgehead atoms. The maximum atomic E-state index is 2.39. The van der Waals surface area contributed by atoms with Crippen LogP contribution in [0.4, 0.5) is 0 Å². The largest absolute Gasteiger partial charge is 0.0613 e. The Morgan fingerprint density at radius 3 is 1.43 bits per heavy atom. The normalized spacial score (nSPS) is 11.7. The van der Waals surface area contributed by atoms with Gasteiger partial charge in [0.05, 0.1) is 0 Å². The van der Waals surface area contributed by atoms with Gasteiger partial charge in [-0.05, 0) is 60.1 Å². The fraction of sp³-hybridized carbons (Fsp3) is 0.429. The van der Waals surface area contributed by atoms with Gasteiger partial charge in [-0.2, -0.15) is 0 Å². The van der Waals surface area contributed by atoms with Crippen LogP contribution in [-0.2, 0) is 18.3 Å². The van der Waals surface area contributed by atoms with E-state index in [1.165, 1.54) is 33.4 Å². The summed E-state index contributed by atoms with van der Waals surface area (Å²) in [4.78, 5) is 0. The molecule has 0 fully saturated rings. The number of hydrogen-bond donors (Lipinski definition) is 0. The molecule has 0 unspecified atom stereocenters. The van der Waals surface area contributed by atoms with Crippen molar-refractivity contribution >= 4 is 0 Å². The molecule has 2 rings (SSSR count). The summed E-state index contributed by atoms with van der Waals surface area (Å²) in [5, 5.41) is 0. The number of aryl methyl sites for hydroxylation is 4. The molecular formula is C21H28. The fourth-order valence-corrected chi connectivity index (χ4v) is 3.05. The van der Waals surface area contributed by atoms with Crippen LogP contribution in [0.5, 0.6) is 0 Å². The van der Waals surface area contributed by atoms with E-state index in [-0.39, 0.29) is 5.41 Å². The zero-order valence-corrected chi connectivity index (χ0v) is 14.4. The van der Waals surface area contributed by atoms with Gasteiger partial charge < -0.3 is 0 Å². The van der Waals surface area contributed by atoms with E-state index in [1.807, 2.05) is 0 Å². The average Bonchev–Trinajstić information content (AvgIpc) is 2.47. The summed E-state index contributed by atoms with van der Waals surface area (Å²) in [5.74, 6) is 0. The third-order valence-corrected chi connectivity index (χ3v) is 4.90. The predicted molar refractivity (Wildman–Crippen MR) is 93.2 cm³/mol. The van der Waals surface area contributed by atoms with Crippen molar-refractivity contribution in [3.63, 3.8) is 0 Å². The number of benzene rings is 2. The summed E-state index contributed by atoms with van der Waals surface area (Å²) in [7, 11) is 0. The third-order valence-electron chi connectivity index (χ3n) is 4.90. The van der Waals surface area contributed by atoms with Crippen LogP contribution in [0.25, 0.3) is 0 Å². The van der Waals surface area contributed by atoms with E-state index in [0.29, 0.717) is 0 Å². The van der Waals surface area contributed by atoms with E-state index < -0.39 is 0 Å². The van der Waals surface area contributed by atoms with Crippen LogP contribution in [0.15, 0.2) is 36.4 Å². The average molecular weight is 280 g/mol. The molecule has 0 atom stereocenters. The minimum absolute atomic E-state index is 0.0508. The highest BCUT2D eigenvalue weighted by Crippen LogP contribution is 2.33. The Hall–Kier alpha value is -1.56. The molecule has 0 saturated carbocycles. The van der Waals surface area contributed by atoms with Gasteiger partial charge in [0.1, 0.15) is 0 Å². The molecule has 0 aromatic heterocycles. The van der Waals surface area contributed by atoms with Gasteiger partial charge in [0, 0.05) is 5.41 Å². The molecule has 0 amide bonds. The van der Waals surface area contributed by atoms with Crippen molar-refractivity contribution < 1.29 is 0 Å². The van der Waals surface area contributed by atoms with Crippen molar-refractivity contribution in [1.29, 1.82) is 0 Å². The van der Waals surface area contributed by atoms with Gasteiger partial charge in [-0.3, -0.25) is 0 Å². The summed E-state index contributed by atoms with van der Waals surface area (Å²) in [5.41, 5.74) is 8.60. The minimum Gasteiger partial charge on any atom is -0.0613 e. The first-order valence-electron chi connectivity index (χ1n) is 8.10. The monoisotopic (exact) mass is 280 g/mol. The van der Waals surface area contributed by atoms with E-state index >= 15 is 0 Å². The lowest BCUT2D eigenvalue weighted by Crippen LogP contribution is -2.19. The summed E-state index contributed by atoms with van der Waals surface area (Å²) in [6.45, 7) is 13.6. The standard InChI is InChI=1S/C21H28/c1-7-17-13-19(11-9-15(17)3)21(5,6)20-12-10-16(4)18(8-2)14-20/h9-14H,7-8H2,1-6H3. The van der Waals surface area contributed by atoms with Gasteiger partial charge in [0.15, 0.2) is 0 Å². The summed E-state index contributed by atoms with van der Waals surface area (Å²) < 4.78 is 0. The molecule has 0 N–H and O–H groups in total. The van der Waals surface area contributed by atoms with E-state index in [1.54, 1.807) is 0 Å². The van der Waals surface area contributed by atoms with Crippen LogP contribution < -0.4 is 0 Å². The van der Waals surface area contributed by atoms with Gasteiger partial charge in [-0.15, -0.1) is 0 Å². The second-order valence-electron chi connectivity index (χ2n) is 6.61. The second-order valence-corrected chi connectivity index (χ2v) is 6.61. The van der Waals surface area contributed by atoms with E-state index in [0.717, 1.165) is 12.8 Å². The Kier molecular flexibility index (Phi) is 4.56. The van der Waals surface area contributed by atoms with E-state index in [9.17, 15) is 0 Å². The zero-order chi connectivity index (χ0) is 15.6. The van der Waals surface area contributed by atoms with Gasteiger partial charge in [-0.25, -0.2) is 0 Å². The van der Waals surface area contributed by atoms with Crippen molar-refractivity contribution in [2.75, 3.05) is 0 Å². The van der Waals surface area contributed by atoms with Gasteiger partial charge in [-0.1, -0.05) is 64.1 Å². The minimum atomic E-state index is 0.0508. The Bertz CT molecular complexity index is 577. The first-order valence-corrected chi connectivity index (χ1v) is 8.10. The Labute approximate surface area is 130 Å². The smallest absolute Gasteiger partial charge is 0.0146 e. The molecule has 0 heterocycles. The molecule has 2 aromatic carbocycles. The van der Waals surface area contributed by atoms with Crippen LogP contribution >= 0.6 is 0 Å². The first-order chi connectivity index (χ1) is 9.90. The van der Waals surface area contributed by atoms with Crippen molar-refractivity contribution in [1.82, 2.24) is 0 Å². The zero-order valence-electron chi connectivity index (χ0n) is 14.4. The summed E-state index contributed by atoms with van der Waals surface area (Å²) in [6.07, 6.45) is 2.20. The molecule has 0 saturated heterocycles. The Morgan fingerprint density at radius 2 is 1.10 bits per heavy atom. The third kappa shape index (κ3) is 3.05. The van der Waals surface area contributed by atoms with Crippen LogP contribution in [0.2, 0.25) is 0 Å². The van der Waals surface area contributed by atoms with Crippen molar-refractivity contribution in [2.24, 2.45) is 0 Å². The maximum absolute atomic E-state index is 2.39.